The Morgan fingerprint density at radius 3 is 2.63 bits per heavy atom. The highest BCUT2D eigenvalue weighted by Gasteiger charge is 2.15. The van der Waals surface area contributed by atoms with Crippen molar-refractivity contribution in [1.29, 1.82) is 0 Å². The monoisotopic (exact) mass is 299 g/mol. The Morgan fingerprint density at radius 1 is 1.26 bits per heavy atom. The first-order valence-electron chi connectivity index (χ1n) is 5.84. The lowest BCUT2D eigenvalue weighted by atomic mass is 10.1. The van der Waals surface area contributed by atoms with Gasteiger partial charge in [0.05, 0.1) is 17.3 Å². The van der Waals surface area contributed by atoms with Crippen molar-refractivity contribution in [2.24, 2.45) is 0 Å². The molecule has 2 rings (SSSR count). The summed E-state index contributed by atoms with van der Waals surface area (Å²) in [7, 11) is 0. The van der Waals surface area contributed by atoms with Gasteiger partial charge in [0.2, 0.25) is 0 Å². The Hall–Kier alpha value is -1.17. The van der Waals surface area contributed by atoms with E-state index >= 15 is 0 Å². The van der Waals surface area contributed by atoms with Crippen LogP contribution in [0.3, 0.4) is 0 Å². The summed E-state index contributed by atoms with van der Waals surface area (Å²) >= 11 is 12.0. The number of hydrogen-bond acceptors (Lipinski definition) is 4. The highest BCUT2D eigenvalue weighted by atomic mass is 35.5. The molecule has 1 heterocycles. The van der Waals surface area contributed by atoms with Crippen LogP contribution < -0.4 is 5.32 Å². The second-order valence-corrected chi connectivity index (χ2v) is 6.05. The third kappa shape index (κ3) is 3.65. The van der Waals surface area contributed by atoms with Crippen molar-refractivity contribution in [1.82, 2.24) is 25.5 Å². The van der Waals surface area contributed by atoms with Crippen molar-refractivity contribution in [2.75, 3.05) is 0 Å². The summed E-state index contributed by atoms with van der Waals surface area (Å²) in [5.41, 5.74) is 0.697. The van der Waals surface area contributed by atoms with Gasteiger partial charge < -0.3 is 5.32 Å². The van der Waals surface area contributed by atoms with Crippen molar-refractivity contribution >= 4 is 23.2 Å². The lowest BCUT2D eigenvalue weighted by Crippen LogP contribution is -2.35. The predicted octanol–water partition coefficient (Wildman–Crippen LogP) is 2.86. The summed E-state index contributed by atoms with van der Waals surface area (Å²) in [4.78, 5) is 0. The number of halogens is 2. The Labute approximate surface area is 121 Å². The Balaban J connectivity index is 2.28. The fraction of sp³-hybridized carbons (Fsp3) is 0.417. The van der Waals surface area contributed by atoms with E-state index in [9.17, 15) is 0 Å². The molecule has 5 nitrogen and oxygen atoms in total. The summed E-state index contributed by atoms with van der Waals surface area (Å²) in [6.07, 6.45) is 0. The normalized spacial score (nSPS) is 11.8. The number of rotatable bonds is 3. The fourth-order valence-corrected chi connectivity index (χ4v) is 1.99. The van der Waals surface area contributed by atoms with Gasteiger partial charge in [-0.2, -0.15) is 4.68 Å². The third-order valence-electron chi connectivity index (χ3n) is 2.45. The maximum atomic E-state index is 6.16. The Morgan fingerprint density at radius 2 is 2.00 bits per heavy atom. The van der Waals surface area contributed by atoms with Gasteiger partial charge in [-0.1, -0.05) is 23.2 Å². The summed E-state index contributed by atoms with van der Waals surface area (Å²) in [6.45, 7) is 6.79. The van der Waals surface area contributed by atoms with E-state index in [-0.39, 0.29) is 5.54 Å². The zero-order valence-corrected chi connectivity index (χ0v) is 12.5. The largest absolute Gasteiger partial charge is 0.305 e. The van der Waals surface area contributed by atoms with Crippen LogP contribution in [0, 0.1) is 0 Å². The van der Waals surface area contributed by atoms with Crippen molar-refractivity contribution < 1.29 is 0 Å². The predicted molar refractivity (Wildman–Crippen MR) is 75.8 cm³/mol. The molecule has 0 bridgehead atoms. The van der Waals surface area contributed by atoms with Gasteiger partial charge in [-0.15, -0.1) is 5.10 Å². The van der Waals surface area contributed by atoms with Crippen LogP contribution in [0.5, 0.6) is 0 Å². The quantitative estimate of drug-likeness (QED) is 0.947. The third-order valence-corrected chi connectivity index (χ3v) is 2.99. The number of tetrazole rings is 1. The van der Waals surface area contributed by atoms with Crippen LogP contribution in [-0.4, -0.2) is 25.7 Å². The molecule has 0 spiro atoms. The number of aromatic nitrogens is 4. The standard InChI is InChI=1S/C12H15Cl2N5/c1-12(2,3)15-7-11-16-17-18-19(11)10-5-4-8(13)6-9(10)14/h4-6,15H,7H2,1-3H3. The molecule has 0 aliphatic rings. The van der Waals surface area contributed by atoms with E-state index in [1.165, 1.54) is 0 Å². The van der Waals surface area contributed by atoms with E-state index in [0.29, 0.717) is 28.1 Å². The topological polar surface area (TPSA) is 55.6 Å². The van der Waals surface area contributed by atoms with Crippen LogP contribution in [0.25, 0.3) is 5.69 Å². The molecule has 2 aromatic rings. The molecule has 7 heteroatoms. The molecule has 0 aliphatic heterocycles. The van der Waals surface area contributed by atoms with E-state index in [4.69, 9.17) is 23.2 Å². The maximum absolute atomic E-state index is 6.16. The molecule has 0 aliphatic carbocycles. The lowest BCUT2D eigenvalue weighted by molar-refractivity contribution is 0.415. The smallest absolute Gasteiger partial charge is 0.170 e. The zero-order chi connectivity index (χ0) is 14.0. The minimum Gasteiger partial charge on any atom is -0.305 e. The van der Waals surface area contributed by atoms with E-state index in [2.05, 4.69) is 41.6 Å². The molecular formula is C12H15Cl2N5. The molecule has 19 heavy (non-hydrogen) atoms. The average molecular weight is 300 g/mol. The van der Waals surface area contributed by atoms with Gasteiger partial charge >= 0.3 is 0 Å². The second kappa shape index (κ2) is 5.45. The number of hydrogen-bond donors (Lipinski definition) is 1. The van der Waals surface area contributed by atoms with E-state index in [1.54, 1.807) is 22.9 Å². The fourth-order valence-electron chi connectivity index (χ4n) is 1.50. The van der Waals surface area contributed by atoms with Crippen molar-refractivity contribution in [2.45, 2.75) is 32.9 Å². The van der Waals surface area contributed by atoms with Gasteiger partial charge in [0.25, 0.3) is 0 Å². The highest BCUT2D eigenvalue weighted by molar-refractivity contribution is 6.35. The highest BCUT2D eigenvalue weighted by Crippen LogP contribution is 2.24. The molecule has 1 aromatic carbocycles. The second-order valence-electron chi connectivity index (χ2n) is 5.21. The van der Waals surface area contributed by atoms with E-state index in [0.717, 1.165) is 0 Å². The Kier molecular flexibility index (Phi) is 4.08. The van der Waals surface area contributed by atoms with Crippen molar-refractivity contribution in [3.05, 3.63) is 34.1 Å². The lowest BCUT2D eigenvalue weighted by Gasteiger charge is -2.20. The number of nitrogens with one attached hydrogen (secondary N) is 1. The summed E-state index contributed by atoms with van der Waals surface area (Å²) in [6, 6.07) is 5.22. The van der Waals surface area contributed by atoms with E-state index in [1.807, 2.05) is 0 Å². The SMILES string of the molecule is CC(C)(C)NCc1nnnn1-c1ccc(Cl)cc1Cl. The molecule has 0 saturated heterocycles. The molecule has 0 saturated carbocycles. The van der Waals surface area contributed by atoms with Gasteiger partial charge in [-0.05, 0) is 49.4 Å². The zero-order valence-electron chi connectivity index (χ0n) is 11.0. The van der Waals surface area contributed by atoms with Crippen LogP contribution in [0.1, 0.15) is 26.6 Å². The molecule has 1 N–H and O–H groups in total. The number of benzene rings is 1. The molecule has 1 aromatic heterocycles. The maximum Gasteiger partial charge on any atom is 0.170 e. The minimum atomic E-state index is -0.0133. The molecular weight excluding hydrogens is 285 g/mol. The summed E-state index contributed by atoms with van der Waals surface area (Å²) in [5, 5.41) is 16.1. The number of nitrogens with zero attached hydrogens (tertiary/aromatic N) is 4. The van der Waals surface area contributed by atoms with Crippen LogP contribution in [-0.2, 0) is 6.54 Å². The van der Waals surface area contributed by atoms with Crippen LogP contribution in [0.15, 0.2) is 18.2 Å². The first-order chi connectivity index (χ1) is 8.87. The average Bonchev–Trinajstić information content (AvgIpc) is 2.73. The summed E-state index contributed by atoms with van der Waals surface area (Å²) in [5.74, 6) is 0.694. The molecule has 0 radical (unpaired) electrons. The molecule has 102 valence electrons. The van der Waals surface area contributed by atoms with Crippen LogP contribution >= 0.6 is 23.2 Å². The van der Waals surface area contributed by atoms with Crippen molar-refractivity contribution in [3.8, 4) is 5.69 Å². The first-order valence-corrected chi connectivity index (χ1v) is 6.60. The summed E-state index contributed by atoms with van der Waals surface area (Å²) < 4.78 is 1.61. The van der Waals surface area contributed by atoms with Gasteiger partial charge in [-0.25, -0.2) is 0 Å². The van der Waals surface area contributed by atoms with Gasteiger partial charge in [0.15, 0.2) is 5.82 Å². The molecule has 0 unspecified atom stereocenters. The van der Waals surface area contributed by atoms with Gasteiger partial charge in [-0.3, -0.25) is 0 Å². The van der Waals surface area contributed by atoms with E-state index < -0.39 is 0 Å². The van der Waals surface area contributed by atoms with Gasteiger partial charge in [0, 0.05) is 10.6 Å². The van der Waals surface area contributed by atoms with Crippen LogP contribution in [0.4, 0.5) is 0 Å². The molecule has 0 atom stereocenters. The first kappa shape index (κ1) is 14.2. The Bertz CT molecular complexity index is 574. The molecule has 0 fully saturated rings. The van der Waals surface area contributed by atoms with Crippen LogP contribution in [0.2, 0.25) is 10.0 Å². The van der Waals surface area contributed by atoms with Crippen molar-refractivity contribution in [3.63, 3.8) is 0 Å². The van der Waals surface area contributed by atoms with Gasteiger partial charge in [0.1, 0.15) is 0 Å². The molecule has 0 amide bonds. The minimum absolute atomic E-state index is 0.0133.